The Morgan fingerprint density at radius 3 is 1.84 bits per heavy atom. The minimum absolute atomic E-state index is 0.0363. The second-order valence-corrected chi connectivity index (χ2v) is 6.83. The average molecular weight is 446 g/mol. The van der Waals surface area contributed by atoms with Crippen molar-refractivity contribution in [1.82, 2.24) is 0 Å². The van der Waals surface area contributed by atoms with Crippen molar-refractivity contribution in [2.45, 2.75) is 65.3 Å². The first-order chi connectivity index (χ1) is 14.5. The summed E-state index contributed by atoms with van der Waals surface area (Å²) in [5.74, 6) is -2.43. The van der Waals surface area contributed by atoms with Crippen molar-refractivity contribution in [3.8, 4) is 0 Å². The number of carbonyl (C=O) groups is 4. The third kappa shape index (κ3) is 9.45. The van der Waals surface area contributed by atoms with E-state index in [1.54, 1.807) is 6.92 Å². The summed E-state index contributed by atoms with van der Waals surface area (Å²) in [5, 5.41) is 0. The minimum Gasteiger partial charge on any atom is -0.460 e. The fraction of sp³-hybridized carbons (Fsp3) is 0.700. The Bertz CT molecular complexity index is 660. The third-order valence-electron chi connectivity index (χ3n) is 3.95. The van der Waals surface area contributed by atoms with Crippen molar-refractivity contribution in [2.24, 2.45) is 0 Å². The molecule has 11 nitrogen and oxygen atoms in total. The smallest absolute Gasteiger partial charge is 0.333 e. The summed E-state index contributed by atoms with van der Waals surface area (Å²) in [6.07, 6.45) is -5.10. The predicted octanol–water partition coefficient (Wildman–Crippen LogP) is 0.679. The van der Waals surface area contributed by atoms with Crippen LogP contribution < -0.4 is 0 Å². The first-order valence-corrected chi connectivity index (χ1v) is 9.72. The van der Waals surface area contributed by atoms with Crippen molar-refractivity contribution in [1.29, 1.82) is 0 Å². The van der Waals surface area contributed by atoms with Crippen molar-refractivity contribution in [3.05, 3.63) is 12.2 Å². The highest BCUT2D eigenvalue weighted by Gasteiger charge is 2.50. The van der Waals surface area contributed by atoms with Crippen LogP contribution in [0.5, 0.6) is 0 Å². The molecule has 176 valence electrons. The summed E-state index contributed by atoms with van der Waals surface area (Å²) in [5.41, 5.74) is 0.290. The number of ether oxygens (including phenoxy) is 7. The highest BCUT2D eigenvalue weighted by molar-refractivity contribution is 5.86. The summed E-state index contributed by atoms with van der Waals surface area (Å²) in [4.78, 5) is 45.9. The van der Waals surface area contributed by atoms with E-state index < -0.39 is 54.6 Å². The Labute approximate surface area is 180 Å². The highest BCUT2D eigenvalue weighted by Crippen LogP contribution is 2.29. The van der Waals surface area contributed by atoms with E-state index in [1.165, 1.54) is 27.7 Å². The van der Waals surface area contributed by atoms with Crippen LogP contribution in [0.25, 0.3) is 0 Å². The molecule has 11 heteroatoms. The maximum absolute atomic E-state index is 11.6. The van der Waals surface area contributed by atoms with E-state index in [0.29, 0.717) is 0 Å². The fourth-order valence-corrected chi connectivity index (χ4v) is 2.75. The number of carbonyl (C=O) groups excluding carboxylic acids is 4. The fourth-order valence-electron chi connectivity index (χ4n) is 2.75. The molecular formula is C20H30O11. The molecule has 1 heterocycles. The Morgan fingerprint density at radius 1 is 0.774 bits per heavy atom. The molecule has 0 N–H and O–H groups in total. The number of esters is 4. The lowest BCUT2D eigenvalue weighted by Gasteiger charge is -2.43. The van der Waals surface area contributed by atoms with Gasteiger partial charge in [0, 0.05) is 26.3 Å². The molecule has 0 spiro atoms. The lowest BCUT2D eigenvalue weighted by molar-refractivity contribution is -0.302. The second kappa shape index (κ2) is 13.0. The van der Waals surface area contributed by atoms with E-state index >= 15 is 0 Å². The molecule has 0 aromatic rings. The topological polar surface area (TPSA) is 133 Å². The van der Waals surface area contributed by atoms with E-state index in [4.69, 9.17) is 33.2 Å². The molecule has 0 amide bonds. The van der Waals surface area contributed by atoms with Crippen LogP contribution in [-0.2, 0) is 52.3 Å². The SMILES string of the molecule is C=C(C)C(=O)OCCOCCO[C@@H]1O[C@H](C)[C@H](OC(C)=O)[C@H](OC(C)=O)[C@H]1OC(C)=O. The quantitative estimate of drug-likeness (QED) is 0.192. The van der Waals surface area contributed by atoms with Gasteiger partial charge in [-0.1, -0.05) is 6.58 Å². The molecule has 31 heavy (non-hydrogen) atoms. The van der Waals surface area contributed by atoms with E-state index in [9.17, 15) is 19.2 Å². The lowest BCUT2D eigenvalue weighted by atomic mass is 9.99. The molecule has 0 aromatic heterocycles. The molecule has 0 unspecified atom stereocenters. The van der Waals surface area contributed by atoms with Gasteiger partial charge in [0.05, 0.1) is 25.9 Å². The van der Waals surface area contributed by atoms with E-state index in [1.807, 2.05) is 0 Å². The summed E-state index contributed by atoms with van der Waals surface area (Å²) in [6, 6.07) is 0. The van der Waals surface area contributed by atoms with Crippen LogP contribution in [0.1, 0.15) is 34.6 Å². The van der Waals surface area contributed by atoms with Crippen LogP contribution in [0, 0.1) is 0 Å². The van der Waals surface area contributed by atoms with Crippen LogP contribution in [0.4, 0.5) is 0 Å². The summed E-state index contributed by atoms with van der Waals surface area (Å²) in [6.45, 7) is 10.5. The van der Waals surface area contributed by atoms with Gasteiger partial charge in [-0.15, -0.1) is 0 Å². The van der Waals surface area contributed by atoms with Gasteiger partial charge in [-0.2, -0.15) is 0 Å². The van der Waals surface area contributed by atoms with Gasteiger partial charge in [-0.3, -0.25) is 14.4 Å². The summed E-state index contributed by atoms with van der Waals surface area (Å²) < 4.78 is 37.3. The molecule has 0 aliphatic carbocycles. The zero-order valence-electron chi connectivity index (χ0n) is 18.4. The summed E-state index contributed by atoms with van der Waals surface area (Å²) >= 11 is 0. The van der Waals surface area contributed by atoms with Gasteiger partial charge in [0.25, 0.3) is 0 Å². The van der Waals surface area contributed by atoms with Gasteiger partial charge in [-0.05, 0) is 13.8 Å². The first-order valence-electron chi connectivity index (χ1n) is 9.72. The van der Waals surface area contributed by atoms with Crippen molar-refractivity contribution < 1.29 is 52.3 Å². The van der Waals surface area contributed by atoms with Crippen LogP contribution >= 0.6 is 0 Å². The van der Waals surface area contributed by atoms with E-state index in [0.717, 1.165) is 0 Å². The zero-order valence-corrected chi connectivity index (χ0v) is 18.4. The maximum Gasteiger partial charge on any atom is 0.333 e. The number of hydrogen-bond acceptors (Lipinski definition) is 11. The Morgan fingerprint density at radius 2 is 1.29 bits per heavy atom. The van der Waals surface area contributed by atoms with Crippen molar-refractivity contribution >= 4 is 23.9 Å². The number of rotatable bonds is 11. The molecule has 1 saturated heterocycles. The third-order valence-corrected chi connectivity index (χ3v) is 3.95. The van der Waals surface area contributed by atoms with Crippen LogP contribution in [0.2, 0.25) is 0 Å². The second-order valence-electron chi connectivity index (χ2n) is 6.83. The zero-order chi connectivity index (χ0) is 23.6. The molecule has 1 rings (SSSR count). The van der Waals surface area contributed by atoms with Gasteiger partial charge >= 0.3 is 23.9 Å². The van der Waals surface area contributed by atoms with Gasteiger partial charge in [0.1, 0.15) is 6.61 Å². The molecular weight excluding hydrogens is 416 g/mol. The van der Waals surface area contributed by atoms with E-state index in [-0.39, 0.29) is 32.0 Å². The Kier molecular flexibility index (Phi) is 11.2. The van der Waals surface area contributed by atoms with Crippen LogP contribution in [-0.4, -0.2) is 81.0 Å². The van der Waals surface area contributed by atoms with E-state index in [2.05, 4.69) is 6.58 Å². The molecule has 0 radical (unpaired) electrons. The molecule has 1 aliphatic rings. The van der Waals surface area contributed by atoms with Gasteiger partial charge in [0.2, 0.25) is 0 Å². The normalized spacial score (nSPS) is 25.3. The van der Waals surface area contributed by atoms with Crippen LogP contribution in [0.3, 0.4) is 0 Å². The summed E-state index contributed by atoms with van der Waals surface area (Å²) in [7, 11) is 0. The lowest BCUT2D eigenvalue weighted by Crippen LogP contribution is -2.61. The molecule has 5 atom stereocenters. The molecule has 0 saturated carbocycles. The standard InChI is InChI=1S/C20H30O11/c1-11(2)19(24)26-9-7-25-8-10-27-20-18(31-15(6)23)17(30-14(5)22)16(12(3)28-20)29-13(4)21/h12,16-18,20H,1,7-10H2,2-6H3/t12-,16+,17+,18-,20-/m1/s1. The van der Waals surface area contributed by atoms with Crippen molar-refractivity contribution in [3.63, 3.8) is 0 Å². The molecule has 0 bridgehead atoms. The largest absolute Gasteiger partial charge is 0.460 e. The molecule has 1 aliphatic heterocycles. The minimum atomic E-state index is -1.17. The van der Waals surface area contributed by atoms with Crippen LogP contribution in [0.15, 0.2) is 12.2 Å². The maximum atomic E-state index is 11.6. The highest BCUT2D eigenvalue weighted by atomic mass is 16.7. The Balaban J connectivity index is 2.69. The average Bonchev–Trinajstić information content (AvgIpc) is 2.65. The van der Waals surface area contributed by atoms with Gasteiger partial charge in [0.15, 0.2) is 24.6 Å². The van der Waals surface area contributed by atoms with Crippen molar-refractivity contribution in [2.75, 3.05) is 26.4 Å². The predicted molar refractivity (Wildman–Crippen MR) is 104 cm³/mol. The molecule has 0 aromatic carbocycles. The monoisotopic (exact) mass is 446 g/mol. The van der Waals surface area contributed by atoms with Gasteiger partial charge in [-0.25, -0.2) is 4.79 Å². The number of hydrogen-bond donors (Lipinski definition) is 0. The first kappa shape index (κ1) is 26.5. The Hall–Kier alpha value is -2.50. The van der Waals surface area contributed by atoms with Gasteiger partial charge < -0.3 is 33.2 Å². The molecule has 1 fully saturated rings.